The molecule has 7 heteroatoms. The summed E-state index contributed by atoms with van der Waals surface area (Å²) in [6, 6.07) is 0.0876. The van der Waals surface area contributed by atoms with Crippen LogP contribution in [0.1, 0.15) is 18.9 Å². The number of hydrogen-bond acceptors (Lipinski definition) is 5. The van der Waals surface area contributed by atoms with E-state index in [9.17, 15) is 5.11 Å². The highest BCUT2D eigenvalue weighted by molar-refractivity contribution is 6.30. The van der Waals surface area contributed by atoms with Crippen LogP contribution in [0.5, 0.6) is 0 Å². The molecular weight excluding hydrogens is 266 g/mol. The zero-order valence-electron chi connectivity index (χ0n) is 10.9. The molecule has 0 radical (unpaired) electrons. The molecule has 2 atom stereocenters. The van der Waals surface area contributed by atoms with Crippen molar-refractivity contribution in [1.82, 2.24) is 19.6 Å². The first-order chi connectivity index (χ1) is 9.13. The molecule has 2 aromatic rings. The lowest BCUT2D eigenvalue weighted by atomic mass is 10.0. The smallest absolute Gasteiger partial charge is 0.255 e. The lowest BCUT2D eigenvalue weighted by Crippen LogP contribution is -2.37. The van der Waals surface area contributed by atoms with Crippen molar-refractivity contribution >= 4 is 23.2 Å². The third-order valence-electron chi connectivity index (χ3n) is 3.92. The number of aromatic nitrogens is 4. The van der Waals surface area contributed by atoms with Crippen LogP contribution < -0.4 is 4.90 Å². The molecule has 0 saturated carbocycles. The van der Waals surface area contributed by atoms with Crippen LogP contribution in [0.4, 0.5) is 5.82 Å². The molecule has 0 bridgehead atoms. The molecule has 3 rings (SSSR count). The van der Waals surface area contributed by atoms with Crippen molar-refractivity contribution in [3.05, 3.63) is 17.0 Å². The Morgan fingerprint density at radius 2 is 2.32 bits per heavy atom. The SMILES string of the molecule is Cc1c(Cl)nc2ncnn2c1N1CCC(C)C1CO. The number of halogens is 1. The van der Waals surface area contributed by atoms with Crippen molar-refractivity contribution in [1.29, 1.82) is 0 Å². The number of anilines is 1. The maximum Gasteiger partial charge on any atom is 0.255 e. The summed E-state index contributed by atoms with van der Waals surface area (Å²) < 4.78 is 1.70. The summed E-state index contributed by atoms with van der Waals surface area (Å²) in [7, 11) is 0. The van der Waals surface area contributed by atoms with Gasteiger partial charge in [-0.2, -0.15) is 19.6 Å². The summed E-state index contributed by atoms with van der Waals surface area (Å²) in [5.41, 5.74) is 0.868. The molecular formula is C12H16ClN5O. The van der Waals surface area contributed by atoms with Crippen molar-refractivity contribution in [2.24, 2.45) is 5.92 Å². The molecule has 1 fully saturated rings. The summed E-state index contributed by atoms with van der Waals surface area (Å²) in [6.45, 7) is 5.07. The molecule has 0 amide bonds. The fourth-order valence-electron chi connectivity index (χ4n) is 2.77. The maximum atomic E-state index is 9.62. The van der Waals surface area contributed by atoms with Crippen molar-refractivity contribution in [3.63, 3.8) is 0 Å². The molecule has 2 unspecified atom stereocenters. The van der Waals surface area contributed by atoms with Gasteiger partial charge in [-0.3, -0.25) is 0 Å². The minimum atomic E-state index is 0.0876. The third kappa shape index (κ3) is 1.86. The standard InChI is InChI=1S/C12H16ClN5O/c1-7-3-4-17(9(7)5-19)11-8(2)10(13)16-12-14-6-15-18(11)12/h6-7,9,19H,3-5H2,1-2H3. The van der Waals surface area contributed by atoms with Crippen LogP contribution in [0, 0.1) is 12.8 Å². The van der Waals surface area contributed by atoms with Crippen LogP contribution in [-0.4, -0.2) is 43.9 Å². The van der Waals surface area contributed by atoms with Gasteiger partial charge in [0.1, 0.15) is 17.3 Å². The van der Waals surface area contributed by atoms with Crippen LogP contribution >= 0.6 is 11.6 Å². The molecule has 102 valence electrons. The molecule has 6 nitrogen and oxygen atoms in total. The predicted molar refractivity (Wildman–Crippen MR) is 72.5 cm³/mol. The summed E-state index contributed by atoms with van der Waals surface area (Å²) >= 11 is 6.17. The van der Waals surface area contributed by atoms with Gasteiger partial charge in [-0.1, -0.05) is 18.5 Å². The summed E-state index contributed by atoms with van der Waals surface area (Å²) in [4.78, 5) is 10.5. The number of fused-ring (bicyclic) bond motifs is 1. The highest BCUT2D eigenvalue weighted by Crippen LogP contribution is 2.33. The van der Waals surface area contributed by atoms with Crippen LogP contribution in [0.3, 0.4) is 0 Å². The first kappa shape index (κ1) is 12.6. The average Bonchev–Trinajstić information content (AvgIpc) is 2.97. The van der Waals surface area contributed by atoms with E-state index in [-0.39, 0.29) is 12.6 Å². The minimum Gasteiger partial charge on any atom is -0.394 e. The molecule has 0 aliphatic carbocycles. The van der Waals surface area contributed by atoms with E-state index < -0.39 is 0 Å². The molecule has 19 heavy (non-hydrogen) atoms. The Morgan fingerprint density at radius 1 is 1.53 bits per heavy atom. The molecule has 3 heterocycles. The van der Waals surface area contributed by atoms with Crippen molar-refractivity contribution in [3.8, 4) is 0 Å². The Balaban J connectivity index is 2.18. The fourth-order valence-corrected chi connectivity index (χ4v) is 2.93. The predicted octanol–water partition coefficient (Wildman–Crippen LogP) is 1.29. The van der Waals surface area contributed by atoms with E-state index in [1.807, 2.05) is 6.92 Å². The number of aliphatic hydroxyl groups excluding tert-OH is 1. The van der Waals surface area contributed by atoms with Gasteiger partial charge in [0, 0.05) is 12.1 Å². The largest absolute Gasteiger partial charge is 0.394 e. The second-order valence-corrected chi connectivity index (χ2v) is 5.39. The van der Waals surface area contributed by atoms with E-state index in [4.69, 9.17) is 11.6 Å². The van der Waals surface area contributed by atoms with Gasteiger partial charge in [0.15, 0.2) is 0 Å². The highest BCUT2D eigenvalue weighted by Gasteiger charge is 2.33. The number of nitrogens with zero attached hydrogens (tertiary/aromatic N) is 5. The summed E-state index contributed by atoms with van der Waals surface area (Å²) in [5.74, 6) is 1.81. The molecule has 0 spiro atoms. The van der Waals surface area contributed by atoms with E-state index >= 15 is 0 Å². The van der Waals surface area contributed by atoms with Crippen molar-refractivity contribution in [2.45, 2.75) is 26.3 Å². The van der Waals surface area contributed by atoms with Crippen molar-refractivity contribution < 1.29 is 5.11 Å². The first-order valence-electron chi connectivity index (χ1n) is 6.36. The average molecular weight is 282 g/mol. The Bertz CT molecular complexity index is 613. The normalized spacial score (nSPS) is 23.5. The van der Waals surface area contributed by atoms with Gasteiger partial charge in [-0.15, -0.1) is 0 Å². The Morgan fingerprint density at radius 3 is 3.05 bits per heavy atom. The van der Waals surface area contributed by atoms with Gasteiger partial charge in [0.2, 0.25) is 0 Å². The van der Waals surface area contributed by atoms with Crippen LogP contribution in [-0.2, 0) is 0 Å². The van der Waals surface area contributed by atoms with E-state index in [2.05, 4.69) is 26.9 Å². The zero-order valence-corrected chi connectivity index (χ0v) is 11.7. The van der Waals surface area contributed by atoms with Gasteiger partial charge in [0.05, 0.1) is 12.6 Å². The van der Waals surface area contributed by atoms with Crippen LogP contribution in [0.2, 0.25) is 5.15 Å². The Kier molecular flexibility index (Phi) is 3.06. The molecule has 2 aromatic heterocycles. The number of rotatable bonds is 2. The molecule has 0 aromatic carbocycles. The third-order valence-corrected chi connectivity index (χ3v) is 4.28. The molecule has 1 aliphatic heterocycles. The maximum absolute atomic E-state index is 9.62. The summed E-state index contributed by atoms with van der Waals surface area (Å²) in [5, 5.41) is 14.3. The Hall–Kier alpha value is -1.40. The second kappa shape index (κ2) is 4.61. The summed E-state index contributed by atoms with van der Waals surface area (Å²) in [6.07, 6.45) is 2.51. The number of hydrogen-bond donors (Lipinski definition) is 1. The second-order valence-electron chi connectivity index (χ2n) is 5.03. The lowest BCUT2D eigenvalue weighted by molar-refractivity contribution is 0.244. The fraction of sp³-hybridized carbons (Fsp3) is 0.583. The van der Waals surface area contributed by atoms with Gasteiger partial charge in [-0.05, 0) is 19.3 Å². The van der Waals surface area contributed by atoms with E-state index in [1.54, 1.807) is 4.52 Å². The van der Waals surface area contributed by atoms with Crippen LogP contribution in [0.25, 0.3) is 5.78 Å². The molecule has 1 aliphatic rings. The van der Waals surface area contributed by atoms with Gasteiger partial charge < -0.3 is 10.0 Å². The minimum absolute atomic E-state index is 0.0876. The van der Waals surface area contributed by atoms with E-state index in [1.165, 1.54) is 6.33 Å². The monoisotopic (exact) mass is 281 g/mol. The van der Waals surface area contributed by atoms with Gasteiger partial charge in [0.25, 0.3) is 5.78 Å². The lowest BCUT2D eigenvalue weighted by Gasteiger charge is -2.28. The van der Waals surface area contributed by atoms with E-state index in [0.29, 0.717) is 16.8 Å². The zero-order chi connectivity index (χ0) is 13.6. The first-order valence-corrected chi connectivity index (χ1v) is 6.74. The van der Waals surface area contributed by atoms with Gasteiger partial charge in [-0.25, -0.2) is 0 Å². The van der Waals surface area contributed by atoms with Crippen molar-refractivity contribution in [2.75, 3.05) is 18.1 Å². The quantitative estimate of drug-likeness (QED) is 0.841. The molecule has 1 saturated heterocycles. The van der Waals surface area contributed by atoms with E-state index in [0.717, 1.165) is 24.3 Å². The molecule has 1 N–H and O–H groups in total. The number of aliphatic hydroxyl groups is 1. The highest BCUT2D eigenvalue weighted by atomic mass is 35.5. The Labute approximate surface area is 116 Å². The van der Waals surface area contributed by atoms with Crippen LogP contribution in [0.15, 0.2) is 6.33 Å². The van der Waals surface area contributed by atoms with Gasteiger partial charge >= 0.3 is 0 Å². The topological polar surface area (TPSA) is 66.5 Å².